The van der Waals surface area contributed by atoms with Crippen LogP contribution in [0.5, 0.6) is 5.75 Å². The number of benzene rings is 1. The Morgan fingerprint density at radius 2 is 2.16 bits per heavy atom. The lowest BCUT2D eigenvalue weighted by molar-refractivity contribution is 0.361. The zero-order valence-electron chi connectivity index (χ0n) is 10.7. The van der Waals surface area contributed by atoms with Gasteiger partial charge in [0.1, 0.15) is 16.8 Å². The van der Waals surface area contributed by atoms with Crippen molar-refractivity contribution in [1.29, 1.82) is 5.26 Å². The lowest BCUT2D eigenvalue weighted by Gasteiger charge is -2.04. The van der Waals surface area contributed by atoms with Crippen LogP contribution in [0.4, 0.5) is 0 Å². The third-order valence-corrected chi connectivity index (χ3v) is 2.79. The summed E-state index contributed by atoms with van der Waals surface area (Å²) in [5.74, 6) is 0.701. The molecular weight excluding hydrogens is 281 g/mol. The molecule has 0 atom stereocenters. The summed E-state index contributed by atoms with van der Waals surface area (Å²) < 4.78 is 5.85. The van der Waals surface area contributed by atoms with Crippen LogP contribution in [0.1, 0.15) is 25.3 Å². The Balaban J connectivity index is 2.40. The van der Waals surface area contributed by atoms with Gasteiger partial charge in [-0.2, -0.15) is 5.26 Å². The molecule has 0 saturated heterocycles. The van der Waals surface area contributed by atoms with E-state index in [9.17, 15) is 0 Å². The van der Waals surface area contributed by atoms with Gasteiger partial charge in [-0.05, 0) is 44.0 Å². The number of hydrogen-bond donors (Lipinski definition) is 0. The fourth-order valence-electron chi connectivity index (χ4n) is 1.45. The molecule has 19 heavy (non-hydrogen) atoms. The van der Waals surface area contributed by atoms with E-state index in [2.05, 4.69) is 6.07 Å². The lowest BCUT2D eigenvalue weighted by Crippen LogP contribution is -1.95. The molecule has 0 aliphatic heterocycles. The van der Waals surface area contributed by atoms with Crippen molar-refractivity contribution in [2.75, 3.05) is 6.61 Å². The fraction of sp³-hybridized carbons (Fsp3) is 0.267. The highest BCUT2D eigenvalue weighted by Crippen LogP contribution is 2.14. The minimum atomic E-state index is 0.303. The molecule has 0 amide bonds. The summed E-state index contributed by atoms with van der Waals surface area (Å²) in [7, 11) is 0. The Bertz CT molecular complexity index is 511. The van der Waals surface area contributed by atoms with E-state index in [1.807, 2.05) is 19.1 Å². The third-order valence-electron chi connectivity index (χ3n) is 2.48. The monoisotopic (exact) mass is 295 g/mol. The van der Waals surface area contributed by atoms with Gasteiger partial charge in [0.15, 0.2) is 0 Å². The molecular formula is C15H15Cl2NO. The maximum Gasteiger partial charge on any atom is 0.121 e. The molecule has 0 aliphatic carbocycles. The minimum absolute atomic E-state index is 0.303. The Morgan fingerprint density at radius 3 is 2.84 bits per heavy atom. The summed E-state index contributed by atoms with van der Waals surface area (Å²) in [6.07, 6.45) is 5.49. The van der Waals surface area contributed by atoms with Crippen molar-refractivity contribution in [2.45, 2.75) is 19.8 Å². The molecule has 0 saturated carbocycles. The number of rotatable bonds is 6. The van der Waals surface area contributed by atoms with Crippen LogP contribution >= 0.6 is 23.2 Å². The first-order valence-corrected chi connectivity index (χ1v) is 6.67. The summed E-state index contributed by atoms with van der Waals surface area (Å²) >= 11 is 11.1. The molecule has 0 unspecified atom stereocenters. The van der Waals surface area contributed by atoms with Gasteiger partial charge in [-0.25, -0.2) is 0 Å². The van der Waals surface area contributed by atoms with Gasteiger partial charge in [-0.1, -0.05) is 40.9 Å². The molecule has 4 heteroatoms. The quantitative estimate of drug-likeness (QED) is 0.693. The van der Waals surface area contributed by atoms with E-state index in [1.165, 1.54) is 5.57 Å². The first-order valence-electron chi connectivity index (χ1n) is 5.91. The van der Waals surface area contributed by atoms with Crippen LogP contribution in [0.15, 0.2) is 46.5 Å². The highest BCUT2D eigenvalue weighted by Gasteiger charge is 1.95. The zero-order chi connectivity index (χ0) is 14.1. The molecule has 0 aromatic heterocycles. The number of nitriles is 1. The molecule has 0 N–H and O–H groups in total. The number of ether oxygens (including phenoxy) is 1. The highest BCUT2D eigenvalue weighted by atomic mass is 35.5. The van der Waals surface area contributed by atoms with Gasteiger partial charge in [-0.3, -0.25) is 0 Å². The van der Waals surface area contributed by atoms with Crippen molar-refractivity contribution in [1.82, 2.24) is 0 Å². The maximum atomic E-state index is 8.77. The first-order chi connectivity index (χ1) is 9.11. The molecule has 0 spiro atoms. The number of allylic oxidation sites excluding steroid dienone is 2. The van der Waals surface area contributed by atoms with Crippen LogP contribution < -0.4 is 4.74 Å². The van der Waals surface area contributed by atoms with Gasteiger partial charge in [0.2, 0.25) is 0 Å². The van der Waals surface area contributed by atoms with E-state index >= 15 is 0 Å². The normalized spacial score (nSPS) is 10.7. The Labute approximate surface area is 123 Å². The van der Waals surface area contributed by atoms with Crippen molar-refractivity contribution in [2.24, 2.45) is 0 Å². The fourth-order valence-corrected chi connectivity index (χ4v) is 1.66. The molecule has 1 aromatic rings. The lowest BCUT2D eigenvalue weighted by atomic mass is 10.1. The molecule has 0 heterocycles. The van der Waals surface area contributed by atoms with E-state index in [1.54, 1.807) is 24.3 Å². The second-order valence-corrected chi connectivity index (χ2v) is 5.04. The summed E-state index contributed by atoms with van der Waals surface area (Å²) in [4.78, 5) is 0. The van der Waals surface area contributed by atoms with E-state index in [0.29, 0.717) is 22.4 Å². The zero-order valence-corrected chi connectivity index (χ0v) is 12.2. The maximum absolute atomic E-state index is 8.77. The first kappa shape index (κ1) is 15.6. The van der Waals surface area contributed by atoms with Gasteiger partial charge in [0.25, 0.3) is 0 Å². The van der Waals surface area contributed by atoms with Gasteiger partial charge in [0.05, 0.1) is 11.6 Å². The molecule has 0 radical (unpaired) electrons. The summed E-state index contributed by atoms with van der Waals surface area (Å²) in [6.45, 7) is 2.52. The van der Waals surface area contributed by atoms with E-state index in [0.717, 1.165) is 12.8 Å². The van der Waals surface area contributed by atoms with E-state index in [4.69, 9.17) is 33.2 Å². The Hall–Kier alpha value is -1.43. The SMILES string of the molecule is C/C(=C\COc1cccc(C#N)c1)CCC=C(Cl)Cl. The average Bonchev–Trinajstić information content (AvgIpc) is 2.38. The predicted octanol–water partition coefficient (Wildman–Crippen LogP) is 4.98. The van der Waals surface area contributed by atoms with Gasteiger partial charge < -0.3 is 4.74 Å². The number of halogens is 2. The standard InChI is InChI=1S/C15H15Cl2NO/c1-12(4-2-7-15(16)17)8-9-19-14-6-3-5-13(10-14)11-18/h3,5-8,10H,2,4,9H2,1H3/b12-8+. The van der Waals surface area contributed by atoms with Gasteiger partial charge in [-0.15, -0.1) is 0 Å². The van der Waals surface area contributed by atoms with Crippen molar-refractivity contribution in [3.63, 3.8) is 0 Å². The van der Waals surface area contributed by atoms with E-state index in [-0.39, 0.29) is 0 Å². The Kier molecular flexibility index (Phi) is 7.10. The second kappa shape index (κ2) is 8.63. The number of hydrogen-bond acceptors (Lipinski definition) is 2. The molecule has 1 rings (SSSR count). The van der Waals surface area contributed by atoms with Crippen molar-refractivity contribution >= 4 is 23.2 Å². The predicted molar refractivity (Wildman–Crippen MR) is 79.4 cm³/mol. The number of nitrogens with zero attached hydrogens (tertiary/aromatic N) is 1. The smallest absolute Gasteiger partial charge is 0.121 e. The molecule has 0 bridgehead atoms. The highest BCUT2D eigenvalue weighted by molar-refractivity contribution is 6.55. The van der Waals surface area contributed by atoms with Crippen molar-refractivity contribution < 1.29 is 4.74 Å². The largest absolute Gasteiger partial charge is 0.489 e. The van der Waals surface area contributed by atoms with Gasteiger partial charge in [0, 0.05) is 0 Å². The van der Waals surface area contributed by atoms with Crippen LogP contribution in [0.25, 0.3) is 0 Å². The molecule has 0 aliphatic rings. The average molecular weight is 296 g/mol. The van der Waals surface area contributed by atoms with Crippen molar-refractivity contribution in [3.8, 4) is 11.8 Å². The van der Waals surface area contributed by atoms with Crippen LogP contribution in [0, 0.1) is 11.3 Å². The molecule has 2 nitrogen and oxygen atoms in total. The molecule has 1 aromatic carbocycles. The Morgan fingerprint density at radius 1 is 1.37 bits per heavy atom. The molecule has 0 fully saturated rings. The van der Waals surface area contributed by atoms with Crippen LogP contribution in [0.3, 0.4) is 0 Å². The molecule has 100 valence electrons. The summed E-state index contributed by atoms with van der Waals surface area (Å²) in [5, 5.41) is 8.77. The second-order valence-electron chi connectivity index (χ2n) is 4.03. The van der Waals surface area contributed by atoms with Crippen LogP contribution in [0.2, 0.25) is 0 Å². The van der Waals surface area contributed by atoms with Gasteiger partial charge >= 0.3 is 0 Å². The summed E-state index contributed by atoms with van der Waals surface area (Å²) in [5.41, 5.74) is 1.81. The van der Waals surface area contributed by atoms with Crippen molar-refractivity contribution in [3.05, 3.63) is 52.0 Å². The van der Waals surface area contributed by atoms with E-state index < -0.39 is 0 Å². The topological polar surface area (TPSA) is 33.0 Å². The third kappa shape index (κ3) is 6.91. The summed E-state index contributed by atoms with van der Waals surface area (Å²) in [6, 6.07) is 9.18. The minimum Gasteiger partial charge on any atom is -0.489 e. The van der Waals surface area contributed by atoms with Crippen LogP contribution in [-0.4, -0.2) is 6.61 Å². The van der Waals surface area contributed by atoms with Crippen LogP contribution in [-0.2, 0) is 0 Å².